The highest BCUT2D eigenvalue weighted by atomic mass is 32.2. The SMILES string of the molecule is O=C(c1ccc(-c2ccccc2F)o1)N1CCN(S(=O)(=O)c2ccc3c(c2)OCCCO3)CC1. The topological polar surface area (TPSA) is 89.3 Å². The van der Waals surface area contributed by atoms with Crippen LogP contribution >= 0.6 is 0 Å². The van der Waals surface area contributed by atoms with Gasteiger partial charge in [0.1, 0.15) is 11.6 Å². The Kier molecular flexibility index (Phi) is 6.01. The van der Waals surface area contributed by atoms with Crippen molar-refractivity contribution in [2.75, 3.05) is 39.4 Å². The molecule has 3 heterocycles. The minimum Gasteiger partial charge on any atom is -0.490 e. The summed E-state index contributed by atoms with van der Waals surface area (Å²) in [5.41, 5.74) is 0.271. The van der Waals surface area contributed by atoms with Gasteiger partial charge >= 0.3 is 0 Å². The molecular formula is C24H23FN2O6S. The lowest BCUT2D eigenvalue weighted by atomic mass is 10.1. The van der Waals surface area contributed by atoms with Gasteiger partial charge < -0.3 is 18.8 Å². The van der Waals surface area contributed by atoms with Crippen LogP contribution in [-0.4, -0.2) is 62.9 Å². The second kappa shape index (κ2) is 9.11. The van der Waals surface area contributed by atoms with Crippen molar-refractivity contribution >= 4 is 15.9 Å². The summed E-state index contributed by atoms with van der Waals surface area (Å²) in [4.78, 5) is 14.5. The predicted octanol–water partition coefficient (Wildman–Crippen LogP) is 3.39. The Morgan fingerprint density at radius 1 is 0.882 bits per heavy atom. The molecule has 0 atom stereocenters. The Labute approximate surface area is 196 Å². The lowest BCUT2D eigenvalue weighted by molar-refractivity contribution is 0.0667. The molecule has 1 aromatic heterocycles. The summed E-state index contributed by atoms with van der Waals surface area (Å²) in [7, 11) is -3.76. The van der Waals surface area contributed by atoms with E-state index in [2.05, 4.69) is 0 Å². The number of hydrogen-bond acceptors (Lipinski definition) is 6. The molecule has 0 spiro atoms. The number of benzene rings is 2. The number of piperazine rings is 1. The summed E-state index contributed by atoms with van der Waals surface area (Å²) in [6, 6.07) is 13.8. The van der Waals surface area contributed by atoms with Crippen LogP contribution in [0.5, 0.6) is 11.5 Å². The fourth-order valence-electron chi connectivity index (χ4n) is 4.00. The third-order valence-electron chi connectivity index (χ3n) is 5.84. The van der Waals surface area contributed by atoms with Crippen LogP contribution in [-0.2, 0) is 10.0 Å². The highest BCUT2D eigenvalue weighted by Gasteiger charge is 2.32. The number of carbonyl (C=O) groups is 1. The molecular weight excluding hydrogens is 463 g/mol. The van der Waals surface area contributed by atoms with E-state index in [9.17, 15) is 17.6 Å². The number of fused-ring (bicyclic) bond motifs is 1. The lowest BCUT2D eigenvalue weighted by Gasteiger charge is -2.33. The molecule has 0 N–H and O–H groups in total. The maximum absolute atomic E-state index is 14.0. The Morgan fingerprint density at radius 2 is 1.62 bits per heavy atom. The number of furan rings is 1. The number of sulfonamides is 1. The second-order valence-corrected chi connectivity index (χ2v) is 9.94. The Balaban J connectivity index is 1.26. The molecule has 3 aromatic rings. The number of hydrogen-bond donors (Lipinski definition) is 0. The van der Waals surface area contributed by atoms with E-state index >= 15 is 0 Å². The Hall–Kier alpha value is -3.37. The van der Waals surface area contributed by atoms with E-state index < -0.39 is 15.8 Å². The van der Waals surface area contributed by atoms with Crippen molar-refractivity contribution in [2.24, 2.45) is 0 Å². The summed E-state index contributed by atoms with van der Waals surface area (Å²) in [6.07, 6.45) is 0.726. The fourth-order valence-corrected chi connectivity index (χ4v) is 5.44. The summed E-state index contributed by atoms with van der Waals surface area (Å²) >= 11 is 0. The number of carbonyl (C=O) groups excluding carboxylic acids is 1. The van der Waals surface area contributed by atoms with Gasteiger partial charge in [0.05, 0.1) is 23.7 Å². The van der Waals surface area contributed by atoms with E-state index in [1.807, 2.05) is 0 Å². The van der Waals surface area contributed by atoms with Crippen molar-refractivity contribution < 1.29 is 31.5 Å². The van der Waals surface area contributed by atoms with Gasteiger partial charge in [0, 0.05) is 38.7 Å². The van der Waals surface area contributed by atoms with Crippen LogP contribution in [0, 0.1) is 5.82 Å². The highest BCUT2D eigenvalue weighted by Crippen LogP contribution is 2.33. The normalized spacial score (nSPS) is 16.8. The monoisotopic (exact) mass is 486 g/mol. The average Bonchev–Trinajstić information content (AvgIpc) is 3.22. The van der Waals surface area contributed by atoms with Crippen LogP contribution in [0.25, 0.3) is 11.3 Å². The van der Waals surface area contributed by atoms with Crippen molar-refractivity contribution in [3.63, 3.8) is 0 Å². The molecule has 10 heteroatoms. The number of halogens is 1. The molecule has 1 amide bonds. The summed E-state index contributed by atoms with van der Waals surface area (Å²) in [6.45, 7) is 1.68. The van der Waals surface area contributed by atoms with Crippen molar-refractivity contribution in [1.29, 1.82) is 0 Å². The number of ether oxygens (including phenoxy) is 2. The molecule has 5 rings (SSSR count). The average molecular weight is 487 g/mol. The molecule has 0 saturated carbocycles. The number of amides is 1. The smallest absolute Gasteiger partial charge is 0.289 e. The Morgan fingerprint density at radius 3 is 2.38 bits per heavy atom. The van der Waals surface area contributed by atoms with Gasteiger partial charge in [-0.3, -0.25) is 4.79 Å². The minimum absolute atomic E-state index is 0.0810. The molecule has 2 aliphatic heterocycles. The van der Waals surface area contributed by atoms with Gasteiger partial charge in [0.2, 0.25) is 10.0 Å². The van der Waals surface area contributed by atoms with E-state index in [1.165, 1.54) is 33.5 Å². The zero-order valence-corrected chi connectivity index (χ0v) is 19.1. The zero-order valence-electron chi connectivity index (χ0n) is 18.3. The van der Waals surface area contributed by atoms with E-state index in [0.717, 1.165) is 6.42 Å². The zero-order chi connectivity index (χ0) is 23.7. The minimum atomic E-state index is -3.76. The molecule has 0 bridgehead atoms. The maximum atomic E-state index is 14.0. The van der Waals surface area contributed by atoms with Gasteiger partial charge in [0.15, 0.2) is 17.3 Å². The van der Waals surface area contributed by atoms with Crippen molar-refractivity contribution in [1.82, 2.24) is 9.21 Å². The lowest BCUT2D eigenvalue weighted by Crippen LogP contribution is -2.50. The first-order valence-electron chi connectivity index (χ1n) is 11.0. The van der Waals surface area contributed by atoms with Crippen LogP contribution in [0.2, 0.25) is 0 Å². The standard InChI is InChI=1S/C24H23FN2O6S/c25-19-5-2-1-4-18(19)20-8-9-22(33-20)24(28)26-10-12-27(13-11-26)34(29,30)17-6-7-21-23(16-17)32-15-3-14-31-21/h1-2,4-9,16H,3,10-15H2. The molecule has 0 unspecified atom stereocenters. The first kappa shape index (κ1) is 22.4. The van der Waals surface area contributed by atoms with Gasteiger partial charge in [-0.15, -0.1) is 0 Å². The van der Waals surface area contributed by atoms with Gasteiger partial charge in [-0.1, -0.05) is 12.1 Å². The van der Waals surface area contributed by atoms with E-state index in [-0.39, 0.29) is 54.1 Å². The molecule has 1 fully saturated rings. The molecule has 0 aliphatic carbocycles. The molecule has 0 radical (unpaired) electrons. The van der Waals surface area contributed by atoms with Gasteiger partial charge in [-0.25, -0.2) is 12.8 Å². The van der Waals surface area contributed by atoms with E-state index in [1.54, 1.807) is 30.3 Å². The molecule has 2 aliphatic rings. The quantitative estimate of drug-likeness (QED) is 0.562. The third kappa shape index (κ3) is 4.26. The van der Waals surface area contributed by atoms with Gasteiger partial charge in [-0.05, 0) is 36.4 Å². The van der Waals surface area contributed by atoms with Crippen molar-refractivity contribution in [3.8, 4) is 22.8 Å². The largest absolute Gasteiger partial charge is 0.490 e. The van der Waals surface area contributed by atoms with E-state index in [4.69, 9.17) is 13.9 Å². The first-order chi connectivity index (χ1) is 16.4. The molecule has 34 heavy (non-hydrogen) atoms. The van der Waals surface area contributed by atoms with Crippen LogP contribution in [0.4, 0.5) is 4.39 Å². The van der Waals surface area contributed by atoms with Crippen molar-refractivity contribution in [2.45, 2.75) is 11.3 Å². The van der Waals surface area contributed by atoms with Crippen molar-refractivity contribution in [3.05, 3.63) is 66.2 Å². The summed E-state index contributed by atoms with van der Waals surface area (Å²) in [5.74, 6) is 0.477. The van der Waals surface area contributed by atoms with Gasteiger partial charge in [0.25, 0.3) is 5.91 Å². The molecule has 2 aromatic carbocycles. The van der Waals surface area contributed by atoms with Crippen LogP contribution in [0.15, 0.2) is 63.9 Å². The van der Waals surface area contributed by atoms with Crippen LogP contribution in [0.3, 0.4) is 0 Å². The molecule has 8 nitrogen and oxygen atoms in total. The number of nitrogens with zero attached hydrogens (tertiary/aromatic N) is 2. The summed E-state index contributed by atoms with van der Waals surface area (Å²) in [5, 5.41) is 0. The Bertz CT molecular complexity index is 1310. The predicted molar refractivity (Wildman–Crippen MR) is 121 cm³/mol. The molecule has 1 saturated heterocycles. The first-order valence-corrected chi connectivity index (χ1v) is 12.4. The second-order valence-electron chi connectivity index (χ2n) is 8.00. The van der Waals surface area contributed by atoms with Crippen LogP contribution in [0.1, 0.15) is 17.0 Å². The maximum Gasteiger partial charge on any atom is 0.289 e. The molecule has 178 valence electrons. The van der Waals surface area contributed by atoms with Crippen LogP contribution < -0.4 is 9.47 Å². The van der Waals surface area contributed by atoms with Gasteiger partial charge in [-0.2, -0.15) is 4.31 Å². The van der Waals surface area contributed by atoms with E-state index in [0.29, 0.717) is 24.7 Å². The highest BCUT2D eigenvalue weighted by molar-refractivity contribution is 7.89. The third-order valence-corrected chi connectivity index (χ3v) is 7.73. The fraction of sp³-hybridized carbons (Fsp3) is 0.292. The summed E-state index contributed by atoms with van der Waals surface area (Å²) < 4.78 is 58.5. The number of rotatable bonds is 4.